The lowest BCUT2D eigenvalue weighted by molar-refractivity contribution is -0.117. The molecule has 0 radical (unpaired) electrons. The largest absolute Gasteiger partial charge is 0.495 e. The first-order valence-corrected chi connectivity index (χ1v) is 6.25. The number of nitrogens with one attached hydrogen (secondary N) is 1. The molecule has 3 nitrogen and oxygen atoms in total. The summed E-state index contributed by atoms with van der Waals surface area (Å²) in [6.45, 7) is 2.17. The predicted molar refractivity (Wildman–Crippen MR) is 68.5 cm³/mol. The zero-order valence-corrected chi connectivity index (χ0v) is 10.5. The first-order valence-electron chi connectivity index (χ1n) is 6.25. The van der Waals surface area contributed by atoms with Crippen LogP contribution in [0.1, 0.15) is 44.1 Å². The Morgan fingerprint density at radius 3 is 2.88 bits per heavy atom. The minimum Gasteiger partial charge on any atom is -0.495 e. The lowest BCUT2D eigenvalue weighted by Crippen LogP contribution is -2.11. The summed E-state index contributed by atoms with van der Waals surface area (Å²) in [4.78, 5) is 11.9. The van der Waals surface area contributed by atoms with Crippen LogP contribution in [0.25, 0.3) is 0 Å². The van der Waals surface area contributed by atoms with Crippen molar-refractivity contribution in [3.63, 3.8) is 0 Å². The summed E-state index contributed by atoms with van der Waals surface area (Å²) in [5.74, 6) is 0.876. The minimum atomic E-state index is 0.00616. The van der Waals surface area contributed by atoms with Crippen molar-refractivity contribution in [3.05, 3.63) is 23.8 Å². The third kappa shape index (κ3) is 2.28. The molecule has 0 spiro atoms. The fraction of sp³-hybridized carbons (Fsp3) is 0.500. The Balaban J connectivity index is 2.19. The van der Waals surface area contributed by atoms with Gasteiger partial charge in [-0.25, -0.2) is 0 Å². The number of benzene rings is 1. The highest BCUT2D eigenvalue weighted by molar-refractivity contribution is 6.04. The molecule has 1 aliphatic rings. The SMILES string of the molecule is CCCCCC1C(=O)Nc2c(OC)cccc21. The Hall–Kier alpha value is -1.51. The van der Waals surface area contributed by atoms with E-state index in [2.05, 4.69) is 12.2 Å². The maximum atomic E-state index is 11.9. The molecule has 0 saturated carbocycles. The Kier molecular flexibility index (Phi) is 3.67. The number of carbonyl (C=O) groups excluding carboxylic acids is 1. The van der Waals surface area contributed by atoms with E-state index in [0.29, 0.717) is 0 Å². The molecular weight excluding hydrogens is 214 g/mol. The molecule has 1 aliphatic heterocycles. The van der Waals surface area contributed by atoms with E-state index in [1.807, 2.05) is 18.2 Å². The standard InChI is InChI=1S/C14H19NO2/c1-3-4-5-7-11-10-8-6-9-12(17-2)13(10)15-14(11)16/h6,8-9,11H,3-5,7H2,1-2H3,(H,15,16). The van der Waals surface area contributed by atoms with Gasteiger partial charge in [0, 0.05) is 0 Å². The van der Waals surface area contributed by atoms with Crippen LogP contribution in [-0.2, 0) is 4.79 Å². The second-order valence-corrected chi connectivity index (χ2v) is 4.46. The summed E-state index contributed by atoms with van der Waals surface area (Å²) in [6.07, 6.45) is 4.40. The van der Waals surface area contributed by atoms with Crippen LogP contribution < -0.4 is 10.1 Å². The van der Waals surface area contributed by atoms with Crippen molar-refractivity contribution in [1.82, 2.24) is 0 Å². The van der Waals surface area contributed by atoms with Gasteiger partial charge in [-0.2, -0.15) is 0 Å². The van der Waals surface area contributed by atoms with E-state index < -0.39 is 0 Å². The highest BCUT2D eigenvalue weighted by Gasteiger charge is 2.31. The van der Waals surface area contributed by atoms with Crippen molar-refractivity contribution in [3.8, 4) is 5.75 Å². The lowest BCUT2D eigenvalue weighted by atomic mass is 9.94. The molecule has 0 aromatic heterocycles. The van der Waals surface area contributed by atoms with Crippen molar-refractivity contribution in [1.29, 1.82) is 0 Å². The number of amides is 1. The first kappa shape index (κ1) is 12.0. The molecule has 1 aromatic rings. The van der Waals surface area contributed by atoms with Gasteiger partial charge < -0.3 is 10.1 Å². The van der Waals surface area contributed by atoms with Gasteiger partial charge >= 0.3 is 0 Å². The van der Waals surface area contributed by atoms with E-state index >= 15 is 0 Å². The number of methoxy groups -OCH3 is 1. The topological polar surface area (TPSA) is 38.3 Å². The van der Waals surface area contributed by atoms with Crippen molar-refractivity contribution in [2.45, 2.75) is 38.5 Å². The van der Waals surface area contributed by atoms with E-state index in [1.54, 1.807) is 7.11 Å². The van der Waals surface area contributed by atoms with E-state index in [-0.39, 0.29) is 11.8 Å². The highest BCUT2D eigenvalue weighted by Crippen LogP contribution is 2.41. The zero-order valence-electron chi connectivity index (χ0n) is 10.5. The normalized spacial score (nSPS) is 17.8. The first-order chi connectivity index (χ1) is 8.27. The highest BCUT2D eigenvalue weighted by atomic mass is 16.5. The molecule has 17 heavy (non-hydrogen) atoms. The lowest BCUT2D eigenvalue weighted by Gasteiger charge is -2.09. The van der Waals surface area contributed by atoms with Gasteiger partial charge in [-0.15, -0.1) is 0 Å². The molecule has 1 aromatic carbocycles. The average molecular weight is 233 g/mol. The van der Waals surface area contributed by atoms with Crippen molar-refractivity contribution in [2.24, 2.45) is 0 Å². The maximum absolute atomic E-state index is 11.9. The second-order valence-electron chi connectivity index (χ2n) is 4.46. The number of carbonyl (C=O) groups is 1. The van der Waals surface area contributed by atoms with Gasteiger partial charge in [0.05, 0.1) is 18.7 Å². The van der Waals surface area contributed by atoms with Crippen LogP contribution in [0, 0.1) is 0 Å². The van der Waals surface area contributed by atoms with E-state index in [1.165, 1.54) is 12.8 Å². The fourth-order valence-corrected chi connectivity index (χ4v) is 2.38. The number of hydrogen-bond donors (Lipinski definition) is 1. The molecule has 1 amide bonds. The number of ether oxygens (including phenoxy) is 1. The van der Waals surface area contributed by atoms with Gasteiger partial charge in [0.15, 0.2) is 0 Å². The molecule has 1 heterocycles. The summed E-state index contributed by atoms with van der Waals surface area (Å²) in [5, 5.41) is 2.93. The summed E-state index contributed by atoms with van der Waals surface area (Å²) < 4.78 is 5.26. The van der Waals surface area contributed by atoms with E-state index in [0.717, 1.165) is 29.8 Å². The number of hydrogen-bond acceptors (Lipinski definition) is 2. The number of rotatable bonds is 5. The van der Waals surface area contributed by atoms with Gasteiger partial charge in [0.25, 0.3) is 0 Å². The van der Waals surface area contributed by atoms with Crippen LogP contribution in [0.5, 0.6) is 5.75 Å². The third-order valence-electron chi connectivity index (χ3n) is 3.31. The monoisotopic (exact) mass is 233 g/mol. The Bertz CT molecular complexity index is 415. The van der Waals surface area contributed by atoms with Crippen LogP contribution in [0.4, 0.5) is 5.69 Å². The molecule has 0 fully saturated rings. The molecule has 92 valence electrons. The van der Waals surface area contributed by atoms with Gasteiger partial charge in [-0.1, -0.05) is 38.3 Å². The molecule has 1 atom stereocenters. The summed E-state index contributed by atoms with van der Waals surface area (Å²) in [5.41, 5.74) is 1.95. The molecule has 0 saturated heterocycles. The molecule has 2 rings (SSSR count). The van der Waals surface area contributed by atoms with Crippen LogP contribution in [0.3, 0.4) is 0 Å². The van der Waals surface area contributed by atoms with Gasteiger partial charge in [0.2, 0.25) is 5.91 Å². The van der Waals surface area contributed by atoms with Crippen molar-refractivity contribution >= 4 is 11.6 Å². The second kappa shape index (κ2) is 5.21. The summed E-state index contributed by atoms with van der Waals surface area (Å²) in [7, 11) is 1.63. The maximum Gasteiger partial charge on any atom is 0.232 e. The summed E-state index contributed by atoms with van der Waals surface area (Å²) >= 11 is 0. The molecule has 1 N–H and O–H groups in total. The quantitative estimate of drug-likeness (QED) is 0.792. The average Bonchev–Trinajstić information content (AvgIpc) is 2.66. The van der Waals surface area contributed by atoms with E-state index in [4.69, 9.17) is 4.74 Å². The number of para-hydroxylation sites is 1. The van der Waals surface area contributed by atoms with Gasteiger partial charge in [-0.05, 0) is 18.1 Å². The van der Waals surface area contributed by atoms with Crippen LogP contribution >= 0.6 is 0 Å². The number of anilines is 1. The van der Waals surface area contributed by atoms with Crippen LogP contribution in [0.2, 0.25) is 0 Å². The summed E-state index contributed by atoms with van der Waals surface area (Å²) in [6, 6.07) is 5.85. The van der Waals surface area contributed by atoms with Crippen molar-refractivity contribution in [2.75, 3.05) is 12.4 Å². The van der Waals surface area contributed by atoms with E-state index in [9.17, 15) is 4.79 Å². The smallest absolute Gasteiger partial charge is 0.232 e. The number of unbranched alkanes of at least 4 members (excludes halogenated alkanes) is 2. The van der Waals surface area contributed by atoms with Gasteiger partial charge in [0.1, 0.15) is 5.75 Å². The van der Waals surface area contributed by atoms with Crippen molar-refractivity contribution < 1.29 is 9.53 Å². The predicted octanol–water partition coefficient (Wildman–Crippen LogP) is 3.31. The Labute approximate surface area is 102 Å². The van der Waals surface area contributed by atoms with Crippen LogP contribution in [-0.4, -0.2) is 13.0 Å². The van der Waals surface area contributed by atoms with Crippen LogP contribution in [0.15, 0.2) is 18.2 Å². The molecule has 1 unspecified atom stereocenters. The molecule has 3 heteroatoms. The molecular formula is C14H19NO2. The van der Waals surface area contributed by atoms with Gasteiger partial charge in [-0.3, -0.25) is 4.79 Å². The Morgan fingerprint density at radius 2 is 2.18 bits per heavy atom. The minimum absolute atomic E-state index is 0.00616. The third-order valence-corrected chi connectivity index (χ3v) is 3.31. The Morgan fingerprint density at radius 1 is 1.35 bits per heavy atom. The number of fused-ring (bicyclic) bond motifs is 1. The molecule has 0 bridgehead atoms. The fourth-order valence-electron chi connectivity index (χ4n) is 2.38. The zero-order chi connectivity index (χ0) is 12.3. The molecule has 0 aliphatic carbocycles.